The van der Waals surface area contributed by atoms with Crippen molar-refractivity contribution in [3.8, 4) is 0 Å². The Morgan fingerprint density at radius 2 is 2.08 bits per heavy atom. The molecule has 2 amide bonds. The third-order valence-corrected chi connectivity index (χ3v) is 4.83. The minimum Gasteiger partial charge on any atom is -0.479 e. The number of nitrogens with zero attached hydrogens (tertiary/aromatic N) is 1. The molecule has 0 aromatic heterocycles. The third kappa shape index (κ3) is 2.65. The van der Waals surface area contributed by atoms with Gasteiger partial charge in [0.05, 0.1) is 24.1 Å². The first kappa shape index (κ1) is 16.0. The summed E-state index contributed by atoms with van der Waals surface area (Å²) in [4.78, 5) is 37.5. The van der Waals surface area contributed by atoms with Gasteiger partial charge in [-0.3, -0.25) is 9.59 Å². The van der Waals surface area contributed by atoms with Crippen LogP contribution >= 0.6 is 0 Å². The van der Waals surface area contributed by atoms with E-state index in [1.165, 1.54) is 4.90 Å². The van der Waals surface area contributed by atoms with E-state index in [1.807, 2.05) is 12.2 Å². The van der Waals surface area contributed by atoms with Crippen LogP contribution < -0.4 is 4.90 Å². The summed E-state index contributed by atoms with van der Waals surface area (Å²) in [5.41, 5.74) is 1.04. The number of carboxylic acid groups (broad SMARTS) is 1. The first-order valence-corrected chi connectivity index (χ1v) is 8.20. The highest BCUT2D eigenvalue weighted by atomic mass is 16.7. The average molecular weight is 343 g/mol. The molecule has 2 heterocycles. The van der Waals surface area contributed by atoms with E-state index in [0.717, 1.165) is 6.42 Å². The van der Waals surface area contributed by atoms with E-state index in [2.05, 4.69) is 0 Å². The fourth-order valence-electron chi connectivity index (χ4n) is 3.56. The molecule has 3 aliphatic rings. The summed E-state index contributed by atoms with van der Waals surface area (Å²) >= 11 is 0. The van der Waals surface area contributed by atoms with E-state index >= 15 is 0 Å². The summed E-state index contributed by atoms with van der Waals surface area (Å²) in [6.07, 6.45) is 3.40. The van der Waals surface area contributed by atoms with Gasteiger partial charge in [0.15, 0.2) is 12.4 Å². The molecule has 0 radical (unpaired) electrons. The molecular formula is C18H17NO6. The number of ether oxygens (including phenoxy) is 2. The monoisotopic (exact) mass is 343 g/mol. The second kappa shape index (κ2) is 6.09. The van der Waals surface area contributed by atoms with Crippen LogP contribution in [0.4, 0.5) is 5.69 Å². The van der Waals surface area contributed by atoms with Crippen molar-refractivity contribution in [1.82, 2.24) is 0 Å². The van der Waals surface area contributed by atoms with E-state index in [9.17, 15) is 14.4 Å². The highest BCUT2D eigenvalue weighted by Gasteiger charge is 2.47. The van der Waals surface area contributed by atoms with Gasteiger partial charge in [-0.2, -0.15) is 0 Å². The lowest BCUT2D eigenvalue weighted by Crippen LogP contribution is -2.30. The van der Waals surface area contributed by atoms with E-state index in [4.69, 9.17) is 14.6 Å². The van der Waals surface area contributed by atoms with Crippen LogP contribution in [0, 0.1) is 11.8 Å². The minimum atomic E-state index is -1.08. The summed E-state index contributed by atoms with van der Waals surface area (Å²) in [5, 5.41) is 8.98. The Morgan fingerprint density at radius 1 is 1.24 bits per heavy atom. The number of benzene rings is 1. The van der Waals surface area contributed by atoms with Crippen LogP contribution in [-0.2, 0) is 23.9 Å². The molecule has 130 valence electrons. The predicted octanol–water partition coefficient (Wildman–Crippen LogP) is 1.64. The maximum absolute atomic E-state index is 12.7. The van der Waals surface area contributed by atoms with Gasteiger partial charge in [0, 0.05) is 5.56 Å². The molecule has 4 unspecified atom stereocenters. The topological polar surface area (TPSA) is 93.1 Å². The van der Waals surface area contributed by atoms with Gasteiger partial charge in [-0.25, -0.2) is 9.69 Å². The molecule has 2 fully saturated rings. The molecule has 1 N–H and O–H groups in total. The fraction of sp³-hybridized carbons (Fsp3) is 0.389. The van der Waals surface area contributed by atoms with E-state index in [0.29, 0.717) is 17.7 Å². The molecule has 1 aliphatic carbocycles. The van der Waals surface area contributed by atoms with Crippen LogP contribution in [0.1, 0.15) is 24.7 Å². The first-order chi connectivity index (χ1) is 12.1. The predicted molar refractivity (Wildman–Crippen MR) is 85.5 cm³/mol. The number of hydrogen-bond donors (Lipinski definition) is 1. The Morgan fingerprint density at radius 3 is 2.80 bits per heavy atom. The van der Waals surface area contributed by atoms with Gasteiger partial charge in [0.25, 0.3) is 0 Å². The lowest BCUT2D eigenvalue weighted by Gasteiger charge is -2.17. The van der Waals surface area contributed by atoms with Crippen molar-refractivity contribution in [2.45, 2.75) is 25.2 Å². The van der Waals surface area contributed by atoms with E-state index in [-0.39, 0.29) is 30.3 Å². The van der Waals surface area contributed by atoms with Gasteiger partial charge in [-0.1, -0.05) is 24.3 Å². The van der Waals surface area contributed by atoms with Crippen LogP contribution in [-0.4, -0.2) is 35.6 Å². The SMILES string of the molecule is O=C(O)C1COC(c2cccc(N3C(=O)C4C=CCCC4C3=O)c2)O1. The molecule has 2 aliphatic heterocycles. The molecule has 4 atom stereocenters. The zero-order valence-electron chi connectivity index (χ0n) is 13.3. The van der Waals surface area contributed by atoms with Crippen molar-refractivity contribution in [2.75, 3.05) is 11.5 Å². The van der Waals surface area contributed by atoms with E-state index in [1.54, 1.807) is 24.3 Å². The van der Waals surface area contributed by atoms with Crippen LogP contribution in [0.3, 0.4) is 0 Å². The molecule has 1 aromatic rings. The maximum atomic E-state index is 12.7. The second-order valence-corrected chi connectivity index (χ2v) is 6.37. The highest BCUT2D eigenvalue weighted by Crippen LogP contribution is 2.38. The normalized spacial score (nSPS) is 31.4. The van der Waals surface area contributed by atoms with Crippen LogP contribution in [0.5, 0.6) is 0 Å². The molecule has 1 aromatic carbocycles. The highest BCUT2D eigenvalue weighted by molar-refractivity contribution is 6.22. The number of allylic oxidation sites excluding steroid dienone is 1. The van der Waals surface area contributed by atoms with Gasteiger partial charge < -0.3 is 14.6 Å². The number of hydrogen-bond acceptors (Lipinski definition) is 5. The van der Waals surface area contributed by atoms with Gasteiger partial charge in [-0.05, 0) is 25.0 Å². The van der Waals surface area contributed by atoms with Crippen LogP contribution in [0.2, 0.25) is 0 Å². The second-order valence-electron chi connectivity index (χ2n) is 6.37. The van der Waals surface area contributed by atoms with Gasteiger partial charge in [-0.15, -0.1) is 0 Å². The van der Waals surface area contributed by atoms with Crippen molar-refractivity contribution in [3.63, 3.8) is 0 Å². The number of aliphatic carboxylic acids is 1. The number of carboxylic acids is 1. The molecule has 2 saturated heterocycles. The summed E-state index contributed by atoms with van der Waals surface area (Å²) in [6, 6.07) is 6.75. The Labute approximate surface area is 143 Å². The molecule has 25 heavy (non-hydrogen) atoms. The van der Waals surface area contributed by atoms with Crippen molar-refractivity contribution >= 4 is 23.5 Å². The van der Waals surface area contributed by atoms with Crippen LogP contribution in [0.15, 0.2) is 36.4 Å². The molecule has 7 nitrogen and oxygen atoms in total. The summed E-state index contributed by atoms with van der Waals surface area (Å²) < 4.78 is 10.7. The third-order valence-electron chi connectivity index (χ3n) is 4.83. The average Bonchev–Trinajstić information content (AvgIpc) is 3.20. The zero-order chi connectivity index (χ0) is 17.6. The Kier molecular flexibility index (Phi) is 3.89. The largest absolute Gasteiger partial charge is 0.479 e. The molecule has 0 saturated carbocycles. The number of fused-ring (bicyclic) bond motifs is 1. The first-order valence-electron chi connectivity index (χ1n) is 8.20. The number of amides is 2. The number of carbonyl (C=O) groups is 3. The Bertz CT molecular complexity index is 773. The van der Waals surface area contributed by atoms with Crippen molar-refractivity contribution in [1.29, 1.82) is 0 Å². The van der Waals surface area contributed by atoms with Crippen molar-refractivity contribution < 1.29 is 29.0 Å². The lowest BCUT2D eigenvalue weighted by molar-refractivity contribution is -0.150. The maximum Gasteiger partial charge on any atom is 0.335 e. The van der Waals surface area contributed by atoms with Gasteiger partial charge >= 0.3 is 5.97 Å². The lowest BCUT2D eigenvalue weighted by atomic mass is 9.86. The minimum absolute atomic E-state index is 0.0409. The Balaban J connectivity index is 1.60. The smallest absolute Gasteiger partial charge is 0.335 e. The quantitative estimate of drug-likeness (QED) is 0.662. The summed E-state index contributed by atoms with van der Waals surface area (Å²) in [7, 11) is 0. The van der Waals surface area contributed by atoms with Gasteiger partial charge in [0.2, 0.25) is 11.8 Å². The molecule has 4 rings (SSSR count). The number of rotatable bonds is 3. The summed E-state index contributed by atoms with van der Waals surface area (Å²) in [6.45, 7) is -0.0409. The zero-order valence-corrected chi connectivity index (χ0v) is 13.3. The van der Waals surface area contributed by atoms with Crippen LogP contribution in [0.25, 0.3) is 0 Å². The Hall–Kier alpha value is -2.51. The molecule has 0 bridgehead atoms. The molecule has 7 heteroatoms. The van der Waals surface area contributed by atoms with E-state index < -0.39 is 18.4 Å². The number of imide groups is 1. The standard InChI is InChI=1S/C18H17NO6/c20-15-12-6-1-2-7-13(12)16(21)19(15)11-5-3-4-10(8-11)18-24-9-14(25-18)17(22)23/h1,3-6,8,12-14,18H,2,7,9H2,(H,22,23). The van der Waals surface area contributed by atoms with Crippen molar-refractivity contribution in [2.24, 2.45) is 11.8 Å². The molecular weight excluding hydrogens is 326 g/mol. The van der Waals surface area contributed by atoms with Gasteiger partial charge in [0.1, 0.15) is 0 Å². The number of anilines is 1. The molecule has 0 spiro atoms. The summed E-state index contributed by atoms with van der Waals surface area (Å²) in [5.74, 6) is -2.18. The van der Waals surface area contributed by atoms with Crippen molar-refractivity contribution in [3.05, 3.63) is 42.0 Å². The number of carbonyl (C=O) groups excluding carboxylic acids is 2. The fourth-order valence-corrected chi connectivity index (χ4v) is 3.56.